The number of nitrogen functional groups attached to an aromatic ring is 1. The predicted octanol–water partition coefficient (Wildman–Crippen LogP) is 1.78. The predicted molar refractivity (Wildman–Crippen MR) is 71.7 cm³/mol. The molecule has 1 aliphatic rings. The quantitative estimate of drug-likeness (QED) is 0.736. The van der Waals surface area contributed by atoms with Crippen molar-refractivity contribution in [3.05, 3.63) is 29.6 Å². The molecule has 4 N–H and O–H groups in total. The summed E-state index contributed by atoms with van der Waals surface area (Å²) < 4.78 is 13.3. The number of amides is 1. The Bertz CT molecular complexity index is 561. The summed E-state index contributed by atoms with van der Waals surface area (Å²) in [7, 11) is 0. The summed E-state index contributed by atoms with van der Waals surface area (Å²) in [5.41, 5.74) is 4.35. The van der Waals surface area contributed by atoms with Crippen LogP contribution in [0.3, 0.4) is 0 Å². The molecule has 2 unspecified atom stereocenters. The van der Waals surface area contributed by atoms with E-state index in [-0.39, 0.29) is 11.3 Å². The highest BCUT2D eigenvalue weighted by atomic mass is 19.1. The standard InChI is InChI=1S/C14H17FN2O3/c1-14(13(19)20)7-3-6-10(14)17-12(18)8-4-2-5-9(15)11(8)16/h2,4-5,10H,3,6-7,16H2,1H3,(H,17,18)(H,19,20). The lowest BCUT2D eigenvalue weighted by molar-refractivity contribution is -0.148. The average molecular weight is 280 g/mol. The largest absolute Gasteiger partial charge is 0.481 e. The number of aliphatic carboxylic acids is 1. The van der Waals surface area contributed by atoms with Crippen LogP contribution in [0.4, 0.5) is 10.1 Å². The van der Waals surface area contributed by atoms with Crippen LogP contribution in [0.2, 0.25) is 0 Å². The Morgan fingerprint density at radius 3 is 2.85 bits per heavy atom. The molecule has 2 rings (SSSR count). The van der Waals surface area contributed by atoms with E-state index in [0.29, 0.717) is 12.8 Å². The van der Waals surface area contributed by atoms with Gasteiger partial charge in [0.2, 0.25) is 0 Å². The van der Waals surface area contributed by atoms with Crippen molar-refractivity contribution in [1.29, 1.82) is 0 Å². The number of halogens is 1. The molecule has 6 heteroatoms. The van der Waals surface area contributed by atoms with Gasteiger partial charge >= 0.3 is 5.97 Å². The Morgan fingerprint density at radius 1 is 1.50 bits per heavy atom. The number of carboxylic acid groups (broad SMARTS) is 1. The van der Waals surface area contributed by atoms with Crippen LogP contribution in [-0.4, -0.2) is 23.0 Å². The molecule has 0 bridgehead atoms. The Labute approximate surface area is 116 Å². The molecule has 1 aromatic rings. The Hall–Kier alpha value is -2.11. The summed E-state index contributed by atoms with van der Waals surface area (Å²) in [5.74, 6) is -2.14. The third-order valence-corrected chi connectivity index (χ3v) is 4.05. The normalized spacial score (nSPS) is 25.4. The van der Waals surface area contributed by atoms with Crippen LogP contribution in [0.15, 0.2) is 18.2 Å². The van der Waals surface area contributed by atoms with E-state index in [1.807, 2.05) is 0 Å². The van der Waals surface area contributed by atoms with Gasteiger partial charge in [-0.1, -0.05) is 12.5 Å². The number of hydrogen-bond acceptors (Lipinski definition) is 3. The van der Waals surface area contributed by atoms with Crippen molar-refractivity contribution in [2.75, 3.05) is 5.73 Å². The fraction of sp³-hybridized carbons (Fsp3) is 0.429. The average Bonchev–Trinajstić information content (AvgIpc) is 2.75. The van der Waals surface area contributed by atoms with Crippen molar-refractivity contribution in [2.24, 2.45) is 5.41 Å². The number of anilines is 1. The summed E-state index contributed by atoms with van der Waals surface area (Å²) in [6.07, 6.45) is 1.82. The molecular weight excluding hydrogens is 263 g/mol. The topological polar surface area (TPSA) is 92.4 Å². The zero-order valence-electron chi connectivity index (χ0n) is 11.1. The lowest BCUT2D eigenvalue weighted by Crippen LogP contribution is -2.47. The molecule has 0 heterocycles. The van der Waals surface area contributed by atoms with Crippen LogP contribution in [0.25, 0.3) is 0 Å². The van der Waals surface area contributed by atoms with E-state index in [2.05, 4.69) is 5.32 Å². The number of hydrogen-bond donors (Lipinski definition) is 3. The minimum Gasteiger partial charge on any atom is -0.481 e. The molecule has 0 spiro atoms. The monoisotopic (exact) mass is 280 g/mol. The summed E-state index contributed by atoms with van der Waals surface area (Å²) in [6, 6.07) is 3.50. The zero-order chi connectivity index (χ0) is 14.9. The summed E-state index contributed by atoms with van der Waals surface area (Å²) in [6.45, 7) is 1.61. The maximum absolute atomic E-state index is 13.3. The lowest BCUT2D eigenvalue weighted by Gasteiger charge is -2.27. The van der Waals surface area contributed by atoms with E-state index >= 15 is 0 Å². The zero-order valence-corrected chi connectivity index (χ0v) is 11.1. The fourth-order valence-electron chi connectivity index (χ4n) is 2.62. The molecule has 1 fully saturated rings. The van der Waals surface area contributed by atoms with Crippen LogP contribution >= 0.6 is 0 Å². The SMILES string of the molecule is CC1(C(=O)O)CCCC1NC(=O)c1cccc(F)c1N. The first-order valence-electron chi connectivity index (χ1n) is 6.44. The van der Waals surface area contributed by atoms with Gasteiger partial charge in [0.1, 0.15) is 5.82 Å². The Balaban J connectivity index is 2.20. The molecule has 0 aromatic heterocycles. The summed E-state index contributed by atoms with van der Waals surface area (Å²) >= 11 is 0. The van der Waals surface area contributed by atoms with Gasteiger partial charge in [0.05, 0.1) is 16.7 Å². The van der Waals surface area contributed by atoms with Crippen molar-refractivity contribution in [3.8, 4) is 0 Å². The van der Waals surface area contributed by atoms with Gasteiger partial charge in [-0.2, -0.15) is 0 Å². The van der Waals surface area contributed by atoms with E-state index in [4.69, 9.17) is 5.73 Å². The second-order valence-corrected chi connectivity index (χ2v) is 5.34. The number of benzene rings is 1. The van der Waals surface area contributed by atoms with Gasteiger partial charge in [0.25, 0.3) is 5.91 Å². The first-order valence-corrected chi connectivity index (χ1v) is 6.44. The van der Waals surface area contributed by atoms with Crippen molar-refractivity contribution >= 4 is 17.6 Å². The van der Waals surface area contributed by atoms with E-state index in [1.165, 1.54) is 18.2 Å². The first kappa shape index (κ1) is 14.3. The molecule has 1 saturated carbocycles. The molecule has 5 nitrogen and oxygen atoms in total. The number of nitrogens with one attached hydrogen (secondary N) is 1. The molecule has 0 saturated heterocycles. The van der Waals surface area contributed by atoms with Crippen molar-refractivity contribution in [2.45, 2.75) is 32.2 Å². The van der Waals surface area contributed by atoms with Crippen LogP contribution in [0.1, 0.15) is 36.5 Å². The molecule has 2 atom stereocenters. The van der Waals surface area contributed by atoms with Gasteiger partial charge in [-0.3, -0.25) is 9.59 Å². The minimum atomic E-state index is -0.988. The van der Waals surface area contributed by atoms with E-state index in [0.717, 1.165) is 6.42 Å². The number of rotatable bonds is 3. The highest BCUT2D eigenvalue weighted by molar-refractivity contribution is 5.99. The van der Waals surface area contributed by atoms with Crippen molar-refractivity contribution < 1.29 is 19.1 Å². The molecule has 1 aliphatic carbocycles. The van der Waals surface area contributed by atoms with Gasteiger partial charge < -0.3 is 16.2 Å². The van der Waals surface area contributed by atoms with Crippen LogP contribution in [0.5, 0.6) is 0 Å². The van der Waals surface area contributed by atoms with E-state index in [1.54, 1.807) is 6.92 Å². The highest BCUT2D eigenvalue weighted by Crippen LogP contribution is 2.38. The Morgan fingerprint density at radius 2 is 2.20 bits per heavy atom. The molecular formula is C14H17FN2O3. The highest BCUT2D eigenvalue weighted by Gasteiger charge is 2.46. The van der Waals surface area contributed by atoms with Crippen molar-refractivity contribution in [3.63, 3.8) is 0 Å². The fourth-order valence-corrected chi connectivity index (χ4v) is 2.62. The number of carbonyl (C=O) groups excluding carboxylic acids is 1. The third kappa shape index (κ3) is 2.33. The molecule has 0 aliphatic heterocycles. The molecule has 0 radical (unpaired) electrons. The minimum absolute atomic E-state index is 0.0321. The second-order valence-electron chi connectivity index (χ2n) is 5.34. The molecule has 1 aromatic carbocycles. The summed E-state index contributed by atoms with van der Waals surface area (Å²) in [4.78, 5) is 23.5. The van der Waals surface area contributed by atoms with Crippen molar-refractivity contribution in [1.82, 2.24) is 5.32 Å². The first-order chi connectivity index (χ1) is 9.36. The van der Waals surface area contributed by atoms with Crippen LogP contribution in [-0.2, 0) is 4.79 Å². The van der Waals surface area contributed by atoms with E-state index in [9.17, 15) is 19.1 Å². The maximum atomic E-state index is 13.3. The molecule has 20 heavy (non-hydrogen) atoms. The molecule has 1 amide bonds. The maximum Gasteiger partial charge on any atom is 0.311 e. The Kier molecular flexibility index (Phi) is 3.65. The third-order valence-electron chi connectivity index (χ3n) is 4.05. The van der Waals surface area contributed by atoms with Gasteiger partial charge in [-0.25, -0.2) is 4.39 Å². The van der Waals surface area contributed by atoms with E-state index < -0.39 is 29.2 Å². The van der Waals surface area contributed by atoms with Gasteiger partial charge in [-0.15, -0.1) is 0 Å². The number of carbonyl (C=O) groups is 2. The van der Waals surface area contributed by atoms with Gasteiger partial charge in [-0.05, 0) is 31.9 Å². The second kappa shape index (κ2) is 5.11. The van der Waals surface area contributed by atoms with Gasteiger partial charge in [0, 0.05) is 6.04 Å². The number of carboxylic acids is 1. The lowest BCUT2D eigenvalue weighted by atomic mass is 9.85. The van der Waals surface area contributed by atoms with Crippen LogP contribution < -0.4 is 11.1 Å². The smallest absolute Gasteiger partial charge is 0.311 e. The molecule has 108 valence electrons. The van der Waals surface area contributed by atoms with Gasteiger partial charge in [0.15, 0.2) is 0 Å². The van der Waals surface area contributed by atoms with Crippen LogP contribution in [0, 0.1) is 11.2 Å². The number of para-hydroxylation sites is 1. The summed E-state index contributed by atoms with van der Waals surface area (Å²) in [5, 5.41) is 12.0. The number of nitrogens with two attached hydrogens (primary N) is 1.